The monoisotopic (exact) mass is 211 g/mol. The molecule has 1 aliphatic heterocycles. The molecule has 0 spiro atoms. The maximum atomic E-state index is 4.21. The van der Waals surface area contributed by atoms with Gasteiger partial charge in [-0.1, -0.05) is 0 Å². The first-order valence-electron chi connectivity index (χ1n) is 5.16. The number of thiazole rings is 1. The predicted octanol–water partition coefficient (Wildman–Crippen LogP) is 1.90. The number of nitrogens with zero attached hydrogens (tertiary/aromatic N) is 2. The van der Waals surface area contributed by atoms with Crippen molar-refractivity contribution in [3.63, 3.8) is 0 Å². The number of likely N-dealkylation sites (tertiary alicyclic amines) is 1. The summed E-state index contributed by atoms with van der Waals surface area (Å²) in [6.07, 6.45) is 4.53. The molecule has 0 amide bonds. The second-order valence-electron chi connectivity index (χ2n) is 3.99. The van der Waals surface area contributed by atoms with E-state index in [1.807, 2.05) is 11.6 Å². The van der Waals surface area contributed by atoms with Crippen LogP contribution in [0.1, 0.15) is 12.8 Å². The molecule has 3 nitrogen and oxygen atoms in total. The molecule has 0 saturated carbocycles. The lowest BCUT2D eigenvalue weighted by Crippen LogP contribution is -2.35. The molecular weight excluding hydrogens is 194 g/mol. The van der Waals surface area contributed by atoms with Crippen LogP contribution in [0.2, 0.25) is 0 Å². The van der Waals surface area contributed by atoms with Crippen LogP contribution in [-0.4, -0.2) is 36.6 Å². The minimum absolute atomic E-state index is 0.789. The summed E-state index contributed by atoms with van der Waals surface area (Å²) in [6, 6.07) is 0. The SMILES string of the molecule is CN1CCCC(CNc2nccs2)C1. The Bertz CT molecular complexity index is 260. The summed E-state index contributed by atoms with van der Waals surface area (Å²) in [6.45, 7) is 3.55. The van der Waals surface area contributed by atoms with E-state index in [0.29, 0.717) is 0 Å². The van der Waals surface area contributed by atoms with Crippen molar-refractivity contribution in [1.82, 2.24) is 9.88 Å². The summed E-state index contributed by atoms with van der Waals surface area (Å²) < 4.78 is 0. The number of hydrogen-bond acceptors (Lipinski definition) is 4. The molecule has 1 aromatic heterocycles. The summed E-state index contributed by atoms with van der Waals surface area (Å²) >= 11 is 1.68. The van der Waals surface area contributed by atoms with Gasteiger partial charge in [-0.2, -0.15) is 0 Å². The summed E-state index contributed by atoms with van der Waals surface area (Å²) in [7, 11) is 2.20. The number of nitrogens with one attached hydrogen (secondary N) is 1. The van der Waals surface area contributed by atoms with Gasteiger partial charge in [-0.25, -0.2) is 4.98 Å². The van der Waals surface area contributed by atoms with Crippen LogP contribution in [0.25, 0.3) is 0 Å². The summed E-state index contributed by atoms with van der Waals surface area (Å²) in [5.41, 5.74) is 0. The van der Waals surface area contributed by atoms with Crippen LogP contribution >= 0.6 is 11.3 Å². The van der Waals surface area contributed by atoms with Gasteiger partial charge in [0.1, 0.15) is 0 Å². The second-order valence-corrected chi connectivity index (χ2v) is 4.88. The lowest BCUT2D eigenvalue weighted by molar-refractivity contribution is 0.217. The average molecular weight is 211 g/mol. The van der Waals surface area contributed by atoms with Crippen LogP contribution in [-0.2, 0) is 0 Å². The Kier molecular flexibility index (Phi) is 3.37. The van der Waals surface area contributed by atoms with Crippen LogP contribution < -0.4 is 5.32 Å². The fraction of sp³-hybridized carbons (Fsp3) is 0.700. The molecule has 78 valence electrons. The van der Waals surface area contributed by atoms with E-state index in [4.69, 9.17) is 0 Å². The number of aromatic nitrogens is 1. The molecule has 1 saturated heterocycles. The third-order valence-electron chi connectivity index (χ3n) is 2.70. The Morgan fingerprint density at radius 3 is 3.36 bits per heavy atom. The Labute approximate surface area is 89.1 Å². The van der Waals surface area contributed by atoms with Crippen molar-refractivity contribution in [2.75, 3.05) is 32.0 Å². The second kappa shape index (κ2) is 4.75. The van der Waals surface area contributed by atoms with E-state index in [0.717, 1.165) is 17.6 Å². The third kappa shape index (κ3) is 2.69. The zero-order valence-corrected chi connectivity index (χ0v) is 9.39. The van der Waals surface area contributed by atoms with Crippen LogP contribution in [0, 0.1) is 5.92 Å². The smallest absolute Gasteiger partial charge is 0.182 e. The summed E-state index contributed by atoms with van der Waals surface area (Å²) in [5.74, 6) is 0.789. The largest absolute Gasteiger partial charge is 0.361 e. The van der Waals surface area contributed by atoms with Crippen LogP contribution in [0.4, 0.5) is 5.13 Å². The highest BCUT2D eigenvalue weighted by Crippen LogP contribution is 2.17. The van der Waals surface area contributed by atoms with E-state index in [9.17, 15) is 0 Å². The maximum absolute atomic E-state index is 4.21. The molecule has 2 heterocycles. The molecule has 1 atom stereocenters. The van der Waals surface area contributed by atoms with Gasteiger partial charge in [0.05, 0.1) is 0 Å². The molecule has 0 radical (unpaired) electrons. The van der Waals surface area contributed by atoms with Gasteiger partial charge in [-0.15, -0.1) is 11.3 Å². The molecule has 1 aromatic rings. The van der Waals surface area contributed by atoms with Crippen LogP contribution in [0.3, 0.4) is 0 Å². The lowest BCUT2D eigenvalue weighted by atomic mass is 9.99. The maximum Gasteiger partial charge on any atom is 0.182 e. The molecule has 1 fully saturated rings. The van der Waals surface area contributed by atoms with Crippen LogP contribution in [0.5, 0.6) is 0 Å². The van der Waals surface area contributed by atoms with Crippen molar-refractivity contribution in [1.29, 1.82) is 0 Å². The van der Waals surface area contributed by atoms with Crippen molar-refractivity contribution < 1.29 is 0 Å². The normalized spacial score (nSPS) is 23.6. The summed E-state index contributed by atoms with van der Waals surface area (Å²) in [4.78, 5) is 6.63. The Morgan fingerprint density at radius 1 is 1.71 bits per heavy atom. The van der Waals surface area contributed by atoms with E-state index < -0.39 is 0 Å². The molecule has 0 aromatic carbocycles. The quantitative estimate of drug-likeness (QED) is 0.827. The Balaban J connectivity index is 1.75. The van der Waals surface area contributed by atoms with Gasteiger partial charge >= 0.3 is 0 Å². The van der Waals surface area contributed by atoms with Gasteiger partial charge in [0.15, 0.2) is 5.13 Å². The number of rotatable bonds is 3. The Morgan fingerprint density at radius 2 is 2.64 bits per heavy atom. The average Bonchev–Trinajstić information content (AvgIpc) is 2.67. The molecule has 14 heavy (non-hydrogen) atoms. The molecule has 4 heteroatoms. The van der Waals surface area contributed by atoms with E-state index in [2.05, 4.69) is 22.2 Å². The fourth-order valence-electron chi connectivity index (χ4n) is 1.98. The molecule has 1 aliphatic rings. The molecular formula is C10H17N3S. The highest BCUT2D eigenvalue weighted by molar-refractivity contribution is 7.13. The third-order valence-corrected chi connectivity index (χ3v) is 3.43. The fourth-order valence-corrected chi connectivity index (χ4v) is 2.52. The molecule has 0 aliphatic carbocycles. The van der Waals surface area contributed by atoms with Crippen molar-refractivity contribution >= 4 is 16.5 Å². The first kappa shape index (κ1) is 9.93. The zero-order chi connectivity index (χ0) is 9.80. The predicted molar refractivity (Wildman–Crippen MR) is 60.8 cm³/mol. The van der Waals surface area contributed by atoms with Gasteiger partial charge in [-0.3, -0.25) is 0 Å². The molecule has 1 unspecified atom stereocenters. The van der Waals surface area contributed by atoms with Crippen molar-refractivity contribution in [3.8, 4) is 0 Å². The first-order chi connectivity index (χ1) is 6.84. The first-order valence-corrected chi connectivity index (χ1v) is 6.04. The van der Waals surface area contributed by atoms with Crippen molar-refractivity contribution in [2.45, 2.75) is 12.8 Å². The number of piperidine rings is 1. The van der Waals surface area contributed by atoms with Crippen LogP contribution in [0.15, 0.2) is 11.6 Å². The van der Waals surface area contributed by atoms with Gasteiger partial charge in [0, 0.05) is 24.7 Å². The van der Waals surface area contributed by atoms with E-state index in [1.54, 1.807) is 11.3 Å². The summed E-state index contributed by atoms with van der Waals surface area (Å²) in [5, 5.41) is 6.46. The Hall–Kier alpha value is -0.610. The topological polar surface area (TPSA) is 28.2 Å². The lowest BCUT2D eigenvalue weighted by Gasteiger charge is -2.29. The number of hydrogen-bond donors (Lipinski definition) is 1. The van der Waals surface area contributed by atoms with Gasteiger partial charge in [-0.05, 0) is 32.4 Å². The van der Waals surface area contributed by atoms with Crippen molar-refractivity contribution in [3.05, 3.63) is 11.6 Å². The minimum Gasteiger partial charge on any atom is -0.361 e. The zero-order valence-electron chi connectivity index (χ0n) is 8.57. The minimum atomic E-state index is 0.789. The van der Waals surface area contributed by atoms with E-state index in [-0.39, 0.29) is 0 Å². The molecule has 2 rings (SSSR count). The van der Waals surface area contributed by atoms with Gasteiger partial charge in [0.25, 0.3) is 0 Å². The molecule has 1 N–H and O–H groups in total. The highest BCUT2D eigenvalue weighted by atomic mass is 32.1. The van der Waals surface area contributed by atoms with Gasteiger partial charge in [0.2, 0.25) is 0 Å². The van der Waals surface area contributed by atoms with Crippen molar-refractivity contribution in [2.24, 2.45) is 5.92 Å². The van der Waals surface area contributed by atoms with E-state index >= 15 is 0 Å². The number of anilines is 1. The van der Waals surface area contributed by atoms with Gasteiger partial charge < -0.3 is 10.2 Å². The van der Waals surface area contributed by atoms with E-state index in [1.165, 1.54) is 25.9 Å². The molecule has 0 bridgehead atoms. The standard InChI is InChI=1S/C10H17N3S/c1-13-5-2-3-9(8-13)7-12-10-11-4-6-14-10/h4,6,9H,2-3,5,7-8H2,1H3,(H,11,12). The highest BCUT2D eigenvalue weighted by Gasteiger charge is 2.16.